The summed E-state index contributed by atoms with van der Waals surface area (Å²) in [5.41, 5.74) is 1.32. The van der Waals surface area contributed by atoms with Crippen molar-refractivity contribution in [3.8, 4) is 0 Å². The normalized spacial score (nSPS) is 17.2. The van der Waals surface area contributed by atoms with Crippen LogP contribution < -0.4 is 10.2 Å². The van der Waals surface area contributed by atoms with E-state index in [0.717, 1.165) is 3.57 Å². The zero-order chi connectivity index (χ0) is 17.1. The smallest absolute Gasteiger partial charge is 0.252 e. The fourth-order valence-corrected chi connectivity index (χ4v) is 3.40. The van der Waals surface area contributed by atoms with E-state index < -0.39 is 0 Å². The summed E-state index contributed by atoms with van der Waals surface area (Å²) in [6.07, 6.45) is 0.379. The molecule has 0 saturated carbocycles. The van der Waals surface area contributed by atoms with Crippen molar-refractivity contribution >= 4 is 40.1 Å². The Kier molecular flexibility index (Phi) is 5.13. The van der Waals surface area contributed by atoms with Crippen LogP contribution >= 0.6 is 22.6 Å². The first-order chi connectivity index (χ1) is 11.5. The Balaban J connectivity index is 1.59. The van der Waals surface area contributed by atoms with Crippen molar-refractivity contribution in [3.05, 3.63) is 63.5 Å². The first kappa shape index (κ1) is 16.9. The Labute approximate surface area is 153 Å². The quantitative estimate of drug-likeness (QED) is 0.746. The largest absolute Gasteiger partial charge is 0.352 e. The van der Waals surface area contributed by atoms with Gasteiger partial charge in [0.05, 0.1) is 5.56 Å². The molecule has 3 rings (SSSR count). The lowest BCUT2D eigenvalue weighted by Gasteiger charge is -2.17. The molecule has 0 aliphatic carbocycles. The van der Waals surface area contributed by atoms with Gasteiger partial charge in [0, 0.05) is 34.7 Å². The number of carbonyl (C=O) groups excluding carboxylic acids is 2. The molecule has 0 radical (unpaired) electrons. The molecule has 1 unspecified atom stereocenters. The molecule has 0 bridgehead atoms. The topological polar surface area (TPSA) is 49.4 Å². The predicted molar refractivity (Wildman–Crippen MR) is 98.4 cm³/mol. The summed E-state index contributed by atoms with van der Waals surface area (Å²) < 4.78 is 13.9. The third kappa shape index (κ3) is 3.75. The molecule has 2 aromatic carbocycles. The fourth-order valence-electron chi connectivity index (χ4n) is 2.77. The van der Waals surface area contributed by atoms with Gasteiger partial charge in [-0.25, -0.2) is 4.39 Å². The second-order valence-corrected chi connectivity index (χ2v) is 6.90. The second-order valence-electron chi connectivity index (χ2n) is 5.74. The molecule has 1 aliphatic rings. The summed E-state index contributed by atoms with van der Waals surface area (Å²) in [5, 5.41) is 2.90. The van der Waals surface area contributed by atoms with Crippen molar-refractivity contribution in [2.24, 2.45) is 5.92 Å². The Morgan fingerprint density at radius 1 is 1.21 bits per heavy atom. The van der Waals surface area contributed by atoms with E-state index in [1.165, 1.54) is 12.1 Å². The van der Waals surface area contributed by atoms with Crippen LogP contribution in [0.3, 0.4) is 0 Å². The van der Waals surface area contributed by atoms with Crippen LogP contribution in [-0.4, -0.2) is 24.9 Å². The highest BCUT2D eigenvalue weighted by molar-refractivity contribution is 14.1. The average molecular weight is 438 g/mol. The molecule has 0 spiro atoms. The summed E-state index contributed by atoms with van der Waals surface area (Å²) >= 11 is 2.13. The maximum Gasteiger partial charge on any atom is 0.252 e. The SMILES string of the molecule is O=C(NCC1CC(=O)N(c2ccc(F)cc2)C1)c1ccccc1I. The van der Waals surface area contributed by atoms with Crippen LogP contribution in [0.1, 0.15) is 16.8 Å². The molecule has 2 amide bonds. The van der Waals surface area contributed by atoms with Gasteiger partial charge in [-0.05, 0) is 59.0 Å². The van der Waals surface area contributed by atoms with Gasteiger partial charge in [-0.1, -0.05) is 12.1 Å². The van der Waals surface area contributed by atoms with E-state index >= 15 is 0 Å². The lowest BCUT2D eigenvalue weighted by atomic mass is 10.1. The van der Waals surface area contributed by atoms with E-state index in [-0.39, 0.29) is 23.5 Å². The summed E-state index contributed by atoms with van der Waals surface area (Å²) in [6.45, 7) is 0.962. The van der Waals surface area contributed by atoms with E-state index in [2.05, 4.69) is 27.9 Å². The Hall–Kier alpha value is -1.96. The number of carbonyl (C=O) groups is 2. The number of amides is 2. The number of hydrogen-bond acceptors (Lipinski definition) is 2. The molecule has 4 nitrogen and oxygen atoms in total. The summed E-state index contributed by atoms with van der Waals surface area (Å²) in [4.78, 5) is 26.0. The van der Waals surface area contributed by atoms with E-state index in [1.807, 2.05) is 18.2 Å². The molecule has 1 N–H and O–H groups in total. The molecule has 1 fully saturated rings. The monoisotopic (exact) mass is 438 g/mol. The number of benzene rings is 2. The molecule has 1 aliphatic heterocycles. The number of nitrogens with one attached hydrogen (secondary N) is 1. The van der Waals surface area contributed by atoms with Crippen LogP contribution in [0.2, 0.25) is 0 Å². The molecular weight excluding hydrogens is 422 g/mol. The van der Waals surface area contributed by atoms with Gasteiger partial charge >= 0.3 is 0 Å². The van der Waals surface area contributed by atoms with Gasteiger partial charge in [0.1, 0.15) is 5.82 Å². The molecule has 1 saturated heterocycles. The summed E-state index contributed by atoms with van der Waals surface area (Å²) in [5.74, 6) is -0.414. The van der Waals surface area contributed by atoms with E-state index in [4.69, 9.17) is 0 Å². The summed E-state index contributed by atoms with van der Waals surface area (Å²) in [6, 6.07) is 13.2. The second kappa shape index (κ2) is 7.29. The number of hydrogen-bond donors (Lipinski definition) is 1. The van der Waals surface area contributed by atoms with Crippen molar-refractivity contribution in [2.75, 3.05) is 18.0 Å². The van der Waals surface area contributed by atoms with Crippen molar-refractivity contribution in [1.82, 2.24) is 5.32 Å². The zero-order valence-corrected chi connectivity index (χ0v) is 15.0. The Morgan fingerprint density at radius 2 is 1.92 bits per heavy atom. The van der Waals surface area contributed by atoms with Crippen molar-refractivity contribution in [3.63, 3.8) is 0 Å². The minimum absolute atomic E-state index is 0.00449. The van der Waals surface area contributed by atoms with Crippen LogP contribution in [0.5, 0.6) is 0 Å². The highest BCUT2D eigenvalue weighted by atomic mass is 127. The minimum Gasteiger partial charge on any atom is -0.352 e. The minimum atomic E-state index is -0.327. The van der Waals surface area contributed by atoms with Crippen LogP contribution in [0.4, 0.5) is 10.1 Å². The highest BCUT2D eigenvalue weighted by Crippen LogP contribution is 2.25. The molecule has 124 valence electrons. The van der Waals surface area contributed by atoms with Gasteiger partial charge in [0.15, 0.2) is 0 Å². The van der Waals surface area contributed by atoms with Crippen LogP contribution in [-0.2, 0) is 4.79 Å². The van der Waals surface area contributed by atoms with Crippen LogP contribution in [0.25, 0.3) is 0 Å². The van der Waals surface area contributed by atoms with E-state index in [0.29, 0.717) is 30.8 Å². The molecule has 0 aromatic heterocycles. The maximum absolute atomic E-state index is 13.0. The van der Waals surface area contributed by atoms with Gasteiger partial charge in [-0.15, -0.1) is 0 Å². The first-order valence-corrected chi connectivity index (χ1v) is 8.71. The van der Waals surface area contributed by atoms with Gasteiger partial charge < -0.3 is 10.2 Å². The van der Waals surface area contributed by atoms with Gasteiger partial charge in [0.25, 0.3) is 5.91 Å². The standard InChI is InChI=1S/C18H16FIN2O2/c19-13-5-7-14(8-6-13)22-11-12(9-17(22)23)10-21-18(24)15-3-1-2-4-16(15)20/h1-8,12H,9-11H2,(H,21,24). The number of rotatable bonds is 4. The molecule has 24 heavy (non-hydrogen) atoms. The van der Waals surface area contributed by atoms with E-state index in [1.54, 1.807) is 23.1 Å². The van der Waals surface area contributed by atoms with Gasteiger partial charge in [-0.2, -0.15) is 0 Å². The van der Waals surface area contributed by atoms with Crippen molar-refractivity contribution in [2.45, 2.75) is 6.42 Å². The predicted octanol–water partition coefficient (Wildman–Crippen LogP) is 3.21. The summed E-state index contributed by atoms with van der Waals surface area (Å²) in [7, 11) is 0. The Bertz CT molecular complexity index is 764. The molecule has 2 aromatic rings. The van der Waals surface area contributed by atoms with Crippen molar-refractivity contribution < 1.29 is 14.0 Å². The molecule has 1 atom stereocenters. The molecule has 1 heterocycles. The number of nitrogens with zero attached hydrogens (tertiary/aromatic N) is 1. The average Bonchev–Trinajstić information content (AvgIpc) is 2.95. The number of halogens is 2. The van der Waals surface area contributed by atoms with Gasteiger partial charge in [0.2, 0.25) is 5.91 Å². The number of anilines is 1. The third-order valence-electron chi connectivity index (χ3n) is 4.01. The molecule has 6 heteroatoms. The lowest BCUT2D eigenvalue weighted by molar-refractivity contribution is -0.117. The first-order valence-electron chi connectivity index (χ1n) is 7.63. The Morgan fingerprint density at radius 3 is 2.62 bits per heavy atom. The lowest BCUT2D eigenvalue weighted by Crippen LogP contribution is -2.31. The molecular formula is C18H16FIN2O2. The van der Waals surface area contributed by atoms with Crippen LogP contribution in [0, 0.1) is 15.3 Å². The van der Waals surface area contributed by atoms with E-state index in [9.17, 15) is 14.0 Å². The van der Waals surface area contributed by atoms with Crippen LogP contribution in [0.15, 0.2) is 48.5 Å². The maximum atomic E-state index is 13.0. The van der Waals surface area contributed by atoms with Gasteiger partial charge in [-0.3, -0.25) is 9.59 Å². The fraction of sp³-hybridized carbons (Fsp3) is 0.222. The zero-order valence-electron chi connectivity index (χ0n) is 12.8. The third-order valence-corrected chi connectivity index (χ3v) is 4.95. The van der Waals surface area contributed by atoms with Crippen molar-refractivity contribution in [1.29, 1.82) is 0 Å². The highest BCUT2D eigenvalue weighted by Gasteiger charge is 2.30.